The fourth-order valence-electron chi connectivity index (χ4n) is 3.24. The molecule has 0 spiro atoms. The van der Waals surface area contributed by atoms with Gasteiger partial charge in [0.1, 0.15) is 5.75 Å². The van der Waals surface area contributed by atoms with Gasteiger partial charge < -0.3 is 14.5 Å². The minimum atomic E-state index is -0.0993. The molecule has 2 heterocycles. The number of rotatable bonds is 4. The predicted octanol–water partition coefficient (Wildman–Crippen LogP) is 2.58. The van der Waals surface area contributed by atoms with Crippen LogP contribution in [-0.2, 0) is 4.79 Å². The second-order valence-corrected chi connectivity index (χ2v) is 6.99. The molecular weight excluding hydrogens is 380 g/mol. The Morgan fingerprint density at radius 3 is 2.50 bits per heavy atom. The molecule has 0 bridgehead atoms. The first-order chi connectivity index (χ1) is 13.6. The normalized spacial score (nSPS) is 14.3. The third kappa shape index (κ3) is 3.80. The van der Waals surface area contributed by atoms with Crippen LogP contribution >= 0.6 is 11.6 Å². The zero-order valence-corrected chi connectivity index (χ0v) is 15.9. The average molecular weight is 399 g/mol. The molecule has 144 valence electrons. The number of aromatic nitrogens is 2. The molecule has 1 aromatic heterocycles. The molecule has 7 nitrogen and oxygen atoms in total. The molecule has 2 aromatic carbocycles. The van der Waals surface area contributed by atoms with Gasteiger partial charge in [-0.2, -0.15) is 5.10 Å². The lowest BCUT2D eigenvalue weighted by Crippen LogP contribution is -2.51. The lowest BCUT2D eigenvalue weighted by molar-refractivity contribution is -0.134. The zero-order valence-electron chi connectivity index (χ0n) is 15.1. The maximum Gasteiger partial charge on any atom is 0.260 e. The van der Waals surface area contributed by atoms with Gasteiger partial charge in [0.05, 0.1) is 17.3 Å². The van der Waals surface area contributed by atoms with Crippen LogP contribution in [-0.4, -0.2) is 64.6 Å². The van der Waals surface area contributed by atoms with Crippen LogP contribution in [0.2, 0.25) is 5.02 Å². The highest BCUT2D eigenvalue weighted by Gasteiger charge is 2.26. The lowest BCUT2D eigenvalue weighted by atomic mass is 10.1. The fraction of sp³-hybridized carbons (Fsp3) is 0.250. The Labute approximate surface area is 166 Å². The number of nitrogens with one attached hydrogen (secondary N) is 1. The van der Waals surface area contributed by atoms with Gasteiger partial charge in [-0.3, -0.25) is 14.7 Å². The molecule has 0 aliphatic carbocycles. The number of carbonyl (C=O) groups excluding carboxylic acids is 2. The summed E-state index contributed by atoms with van der Waals surface area (Å²) in [5.41, 5.74) is 1.34. The van der Waals surface area contributed by atoms with Crippen LogP contribution in [0.3, 0.4) is 0 Å². The number of piperazine rings is 1. The van der Waals surface area contributed by atoms with Crippen molar-refractivity contribution in [3.63, 3.8) is 0 Å². The number of H-pyrrole nitrogens is 1. The summed E-state index contributed by atoms with van der Waals surface area (Å²) in [4.78, 5) is 28.7. The monoisotopic (exact) mass is 398 g/mol. The Hall–Kier alpha value is -3.06. The van der Waals surface area contributed by atoms with Gasteiger partial charge >= 0.3 is 0 Å². The number of ether oxygens (including phenoxy) is 1. The molecule has 2 amide bonds. The van der Waals surface area contributed by atoms with E-state index in [0.717, 1.165) is 10.9 Å². The van der Waals surface area contributed by atoms with Gasteiger partial charge in [0.15, 0.2) is 6.61 Å². The number of carbonyl (C=O) groups is 2. The van der Waals surface area contributed by atoms with E-state index in [9.17, 15) is 9.59 Å². The number of hydrogen-bond donors (Lipinski definition) is 1. The molecule has 28 heavy (non-hydrogen) atoms. The maximum absolute atomic E-state index is 12.9. The lowest BCUT2D eigenvalue weighted by Gasteiger charge is -2.34. The average Bonchev–Trinajstić information content (AvgIpc) is 3.22. The smallest absolute Gasteiger partial charge is 0.260 e. The van der Waals surface area contributed by atoms with Crippen LogP contribution in [0, 0.1) is 0 Å². The molecule has 1 N–H and O–H groups in total. The van der Waals surface area contributed by atoms with E-state index in [1.807, 2.05) is 12.1 Å². The Kier molecular flexibility index (Phi) is 5.16. The number of hydrogen-bond acceptors (Lipinski definition) is 4. The van der Waals surface area contributed by atoms with E-state index >= 15 is 0 Å². The summed E-state index contributed by atoms with van der Waals surface area (Å²) in [6, 6.07) is 12.4. The van der Waals surface area contributed by atoms with Crippen LogP contribution in [0.25, 0.3) is 10.9 Å². The first kappa shape index (κ1) is 18.3. The van der Waals surface area contributed by atoms with Gasteiger partial charge in [0, 0.05) is 36.6 Å². The van der Waals surface area contributed by atoms with Crippen LogP contribution < -0.4 is 4.74 Å². The highest BCUT2D eigenvalue weighted by molar-refractivity contribution is 6.30. The van der Waals surface area contributed by atoms with E-state index in [1.165, 1.54) is 0 Å². The summed E-state index contributed by atoms with van der Waals surface area (Å²) in [6.07, 6.45) is 1.70. The Bertz CT molecular complexity index is 994. The van der Waals surface area contributed by atoms with Crippen molar-refractivity contribution >= 4 is 34.3 Å². The van der Waals surface area contributed by atoms with Crippen molar-refractivity contribution in [3.8, 4) is 5.75 Å². The number of benzene rings is 2. The van der Waals surface area contributed by atoms with Gasteiger partial charge in [-0.1, -0.05) is 23.7 Å². The molecule has 1 saturated heterocycles. The number of nitrogens with zero attached hydrogens (tertiary/aromatic N) is 3. The third-order valence-corrected chi connectivity index (χ3v) is 5.05. The standard InChI is InChI=1S/C20H19ClN4O3/c21-15-4-6-16(7-5-15)28-13-18(26)24-8-10-25(11-9-24)20(27)17-3-1-2-14-12-22-23-19(14)17/h1-7,12H,8-11,13H2,(H,22,23). The second kappa shape index (κ2) is 7.90. The van der Waals surface area contributed by atoms with E-state index in [2.05, 4.69) is 10.2 Å². The van der Waals surface area contributed by atoms with Crippen molar-refractivity contribution in [3.05, 3.63) is 59.2 Å². The quantitative estimate of drug-likeness (QED) is 0.732. The third-order valence-electron chi connectivity index (χ3n) is 4.80. The molecule has 3 aromatic rings. The van der Waals surface area contributed by atoms with Crippen molar-refractivity contribution < 1.29 is 14.3 Å². The first-order valence-electron chi connectivity index (χ1n) is 8.99. The van der Waals surface area contributed by atoms with Gasteiger partial charge in [-0.25, -0.2) is 0 Å². The summed E-state index contributed by atoms with van der Waals surface area (Å²) in [5, 5.41) is 8.41. The molecule has 4 rings (SSSR count). The summed E-state index contributed by atoms with van der Waals surface area (Å²) < 4.78 is 5.52. The van der Waals surface area contributed by atoms with Crippen LogP contribution in [0.5, 0.6) is 5.75 Å². The van der Waals surface area contributed by atoms with Crippen molar-refractivity contribution in [2.45, 2.75) is 0 Å². The number of fused-ring (bicyclic) bond motifs is 1. The SMILES string of the molecule is O=C(COc1ccc(Cl)cc1)N1CCN(C(=O)c2cccc3cn[nH]c23)CC1. The topological polar surface area (TPSA) is 78.5 Å². The van der Waals surface area contributed by atoms with E-state index in [-0.39, 0.29) is 18.4 Å². The molecule has 8 heteroatoms. The fourth-order valence-corrected chi connectivity index (χ4v) is 3.37. The van der Waals surface area contributed by atoms with Crippen molar-refractivity contribution in [1.82, 2.24) is 20.0 Å². The molecule has 0 saturated carbocycles. The van der Waals surface area contributed by atoms with Gasteiger partial charge in [-0.15, -0.1) is 0 Å². The Balaban J connectivity index is 1.32. The highest BCUT2D eigenvalue weighted by atomic mass is 35.5. The van der Waals surface area contributed by atoms with Gasteiger partial charge in [0.25, 0.3) is 11.8 Å². The highest BCUT2D eigenvalue weighted by Crippen LogP contribution is 2.19. The summed E-state index contributed by atoms with van der Waals surface area (Å²) in [6.45, 7) is 1.89. The van der Waals surface area contributed by atoms with Crippen LogP contribution in [0.4, 0.5) is 0 Å². The van der Waals surface area contributed by atoms with Crippen molar-refractivity contribution in [2.24, 2.45) is 0 Å². The largest absolute Gasteiger partial charge is 0.484 e. The number of halogens is 1. The molecule has 1 fully saturated rings. The van der Waals surface area contributed by atoms with Crippen molar-refractivity contribution in [1.29, 1.82) is 0 Å². The minimum Gasteiger partial charge on any atom is -0.484 e. The first-order valence-corrected chi connectivity index (χ1v) is 9.37. The van der Waals surface area contributed by atoms with E-state index in [0.29, 0.717) is 42.5 Å². The predicted molar refractivity (Wildman–Crippen MR) is 106 cm³/mol. The Morgan fingerprint density at radius 1 is 1.04 bits per heavy atom. The van der Waals surface area contributed by atoms with E-state index in [1.54, 1.807) is 46.3 Å². The molecular formula is C20H19ClN4O3. The second-order valence-electron chi connectivity index (χ2n) is 6.56. The number of amides is 2. The van der Waals surface area contributed by atoms with E-state index in [4.69, 9.17) is 16.3 Å². The van der Waals surface area contributed by atoms with E-state index < -0.39 is 0 Å². The Morgan fingerprint density at radius 2 is 1.75 bits per heavy atom. The summed E-state index contributed by atoms with van der Waals surface area (Å²) in [7, 11) is 0. The maximum atomic E-state index is 12.9. The number of aromatic amines is 1. The van der Waals surface area contributed by atoms with Crippen molar-refractivity contribution in [2.75, 3.05) is 32.8 Å². The zero-order chi connectivity index (χ0) is 19.5. The van der Waals surface area contributed by atoms with Crippen LogP contribution in [0.15, 0.2) is 48.7 Å². The molecule has 1 aliphatic rings. The minimum absolute atomic E-state index is 0.0387. The molecule has 1 aliphatic heterocycles. The summed E-state index contributed by atoms with van der Waals surface area (Å²) in [5.74, 6) is 0.441. The number of para-hydroxylation sites is 1. The van der Waals surface area contributed by atoms with Gasteiger partial charge in [-0.05, 0) is 30.3 Å². The van der Waals surface area contributed by atoms with Gasteiger partial charge in [0.2, 0.25) is 0 Å². The summed E-state index contributed by atoms with van der Waals surface area (Å²) >= 11 is 5.84. The molecule has 0 unspecified atom stereocenters. The molecule has 0 atom stereocenters. The molecule has 0 radical (unpaired) electrons. The van der Waals surface area contributed by atoms with Crippen LogP contribution in [0.1, 0.15) is 10.4 Å².